The van der Waals surface area contributed by atoms with Crippen molar-refractivity contribution in [1.29, 1.82) is 0 Å². The third kappa shape index (κ3) is 1.62. The van der Waals surface area contributed by atoms with Crippen LogP contribution in [0.1, 0.15) is 17.6 Å². The van der Waals surface area contributed by atoms with E-state index in [2.05, 4.69) is 25.8 Å². The second-order valence-electron chi connectivity index (χ2n) is 2.65. The van der Waals surface area contributed by atoms with Gasteiger partial charge in [-0.2, -0.15) is 4.80 Å². The lowest BCUT2D eigenvalue weighted by atomic mass is 10.2. The fourth-order valence-electron chi connectivity index (χ4n) is 1.07. The van der Waals surface area contributed by atoms with Crippen molar-refractivity contribution in [3.05, 3.63) is 22.4 Å². The van der Waals surface area contributed by atoms with Crippen LogP contribution in [0.2, 0.25) is 0 Å². The molecule has 0 aliphatic carbocycles. The highest BCUT2D eigenvalue weighted by atomic mass is 32.1. The van der Waals surface area contributed by atoms with Gasteiger partial charge in [0.15, 0.2) is 5.82 Å². The number of aryl methyl sites for hydroxylation is 1. The number of tetrazole rings is 1. The summed E-state index contributed by atoms with van der Waals surface area (Å²) in [7, 11) is 1.70. The average Bonchev–Trinajstić information content (AvgIpc) is 2.79. The lowest BCUT2D eigenvalue weighted by Gasteiger charge is -2.07. The first-order valence-corrected chi connectivity index (χ1v) is 4.83. The molecule has 8 heteroatoms. The molecule has 0 saturated carbocycles. The molecule has 3 N–H and O–H groups in total. The van der Waals surface area contributed by atoms with Gasteiger partial charge in [0.25, 0.3) is 0 Å². The molecule has 0 aliphatic rings. The summed E-state index contributed by atoms with van der Waals surface area (Å²) in [6.45, 7) is 0. The zero-order chi connectivity index (χ0) is 9.97. The topological polar surface area (TPSA) is 94.5 Å². The van der Waals surface area contributed by atoms with Crippen molar-refractivity contribution in [2.24, 2.45) is 12.9 Å². The van der Waals surface area contributed by atoms with Crippen molar-refractivity contribution < 1.29 is 0 Å². The highest BCUT2D eigenvalue weighted by Gasteiger charge is 2.18. The molecule has 0 bridgehead atoms. The number of nitrogens with two attached hydrogens (primary N) is 1. The van der Waals surface area contributed by atoms with Crippen LogP contribution in [0, 0.1) is 0 Å². The lowest BCUT2D eigenvalue weighted by Crippen LogP contribution is -2.30. The molecule has 2 aromatic heterocycles. The van der Waals surface area contributed by atoms with Crippen molar-refractivity contribution >= 4 is 11.3 Å². The number of hydrazine groups is 1. The Kier molecular flexibility index (Phi) is 2.48. The fourth-order valence-corrected chi connectivity index (χ4v) is 1.65. The van der Waals surface area contributed by atoms with Crippen LogP contribution in [0.3, 0.4) is 0 Å². The summed E-state index contributed by atoms with van der Waals surface area (Å²) in [5, 5.41) is 13.5. The van der Waals surface area contributed by atoms with Gasteiger partial charge in [-0.15, -0.1) is 21.5 Å². The van der Waals surface area contributed by atoms with E-state index in [0.717, 1.165) is 5.69 Å². The summed E-state index contributed by atoms with van der Waals surface area (Å²) >= 11 is 1.50. The number of rotatable bonds is 3. The van der Waals surface area contributed by atoms with E-state index in [0.29, 0.717) is 5.82 Å². The smallest absolute Gasteiger partial charge is 0.199 e. The van der Waals surface area contributed by atoms with Crippen molar-refractivity contribution in [3.8, 4) is 0 Å². The fraction of sp³-hybridized carbons (Fsp3) is 0.333. The van der Waals surface area contributed by atoms with E-state index in [1.54, 1.807) is 12.6 Å². The van der Waals surface area contributed by atoms with E-state index in [4.69, 9.17) is 5.84 Å². The van der Waals surface area contributed by atoms with Gasteiger partial charge in [-0.05, 0) is 5.21 Å². The lowest BCUT2D eigenvalue weighted by molar-refractivity contribution is 0.580. The number of nitrogens with zero attached hydrogens (tertiary/aromatic N) is 5. The van der Waals surface area contributed by atoms with Crippen molar-refractivity contribution in [2.45, 2.75) is 6.04 Å². The first kappa shape index (κ1) is 9.19. The molecule has 1 atom stereocenters. The van der Waals surface area contributed by atoms with E-state index < -0.39 is 0 Å². The van der Waals surface area contributed by atoms with Crippen LogP contribution in [0.5, 0.6) is 0 Å². The SMILES string of the molecule is Cn1nnc(C(NN)c2cscn2)n1. The molecule has 0 radical (unpaired) electrons. The van der Waals surface area contributed by atoms with Crippen LogP contribution in [-0.2, 0) is 7.05 Å². The third-order valence-corrected chi connectivity index (χ3v) is 2.30. The number of thiazole rings is 1. The third-order valence-electron chi connectivity index (χ3n) is 1.70. The van der Waals surface area contributed by atoms with Gasteiger partial charge in [0.1, 0.15) is 6.04 Å². The van der Waals surface area contributed by atoms with Gasteiger partial charge in [0.05, 0.1) is 18.3 Å². The van der Waals surface area contributed by atoms with Gasteiger partial charge in [0.2, 0.25) is 0 Å². The van der Waals surface area contributed by atoms with Crippen molar-refractivity contribution in [3.63, 3.8) is 0 Å². The monoisotopic (exact) mass is 211 g/mol. The van der Waals surface area contributed by atoms with Crippen LogP contribution in [0.25, 0.3) is 0 Å². The van der Waals surface area contributed by atoms with E-state index in [9.17, 15) is 0 Å². The Hall–Kier alpha value is -1.38. The predicted molar refractivity (Wildman–Crippen MR) is 50.1 cm³/mol. The van der Waals surface area contributed by atoms with Gasteiger partial charge in [0, 0.05) is 5.38 Å². The minimum atomic E-state index is -0.296. The van der Waals surface area contributed by atoms with Gasteiger partial charge in [-0.3, -0.25) is 5.84 Å². The number of hydrogen-bond acceptors (Lipinski definition) is 7. The maximum atomic E-state index is 5.40. The number of nitrogens with one attached hydrogen (secondary N) is 1. The highest BCUT2D eigenvalue weighted by molar-refractivity contribution is 7.07. The predicted octanol–water partition coefficient (Wildman–Crippen LogP) is -0.781. The first-order chi connectivity index (χ1) is 6.81. The Labute approximate surface area is 83.9 Å². The molecule has 14 heavy (non-hydrogen) atoms. The van der Waals surface area contributed by atoms with Crippen LogP contribution >= 0.6 is 11.3 Å². The number of hydrogen-bond donors (Lipinski definition) is 2. The second-order valence-corrected chi connectivity index (χ2v) is 3.37. The Balaban J connectivity index is 2.31. The van der Waals surface area contributed by atoms with Gasteiger partial charge in [-0.1, -0.05) is 0 Å². The first-order valence-electron chi connectivity index (χ1n) is 3.89. The zero-order valence-corrected chi connectivity index (χ0v) is 8.27. The molecule has 0 saturated heterocycles. The van der Waals surface area contributed by atoms with E-state index in [1.807, 2.05) is 5.38 Å². The molecule has 74 valence electrons. The molecule has 2 rings (SSSR count). The Morgan fingerprint density at radius 3 is 3.00 bits per heavy atom. The van der Waals surface area contributed by atoms with Gasteiger partial charge < -0.3 is 0 Å². The molecule has 0 aliphatic heterocycles. The molecule has 1 unspecified atom stereocenters. The van der Waals surface area contributed by atoms with E-state index in [-0.39, 0.29) is 6.04 Å². The van der Waals surface area contributed by atoms with E-state index >= 15 is 0 Å². The molecule has 2 aromatic rings. The summed E-state index contributed by atoms with van der Waals surface area (Å²) < 4.78 is 0. The standard InChI is InChI=1S/C6H9N7S/c1-13-11-6(10-12-13)5(9-7)4-2-14-3-8-4/h2-3,5,9H,7H2,1H3. The molecule has 0 amide bonds. The Bertz CT molecular complexity index is 394. The van der Waals surface area contributed by atoms with Crippen LogP contribution < -0.4 is 11.3 Å². The molecular formula is C6H9N7S. The molecule has 0 spiro atoms. The average molecular weight is 211 g/mol. The zero-order valence-electron chi connectivity index (χ0n) is 7.45. The summed E-state index contributed by atoms with van der Waals surface area (Å²) in [5.74, 6) is 5.92. The van der Waals surface area contributed by atoms with E-state index in [1.165, 1.54) is 16.1 Å². The normalized spacial score (nSPS) is 13.0. The molecule has 2 heterocycles. The Morgan fingerprint density at radius 1 is 1.64 bits per heavy atom. The quantitative estimate of drug-likeness (QED) is 0.511. The highest BCUT2D eigenvalue weighted by Crippen LogP contribution is 2.16. The van der Waals surface area contributed by atoms with Crippen LogP contribution in [0.15, 0.2) is 10.9 Å². The largest absolute Gasteiger partial charge is 0.270 e. The minimum Gasteiger partial charge on any atom is -0.270 e. The van der Waals surface area contributed by atoms with Crippen LogP contribution in [-0.4, -0.2) is 25.2 Å². The molecule has 0 aromatic carbocycles. The van der Waals surface area contributed by atoms with Crippen molar-refractivity contribution in [2.75, 3.05) is 0 Å². The Morgan fingerprint density at radius 2 is 2.50 bits per heavy atom. The maximum Gasteiger partial charge on any atom is 0.199 e. The summed E-state index contributed by atoms with van der Waals surface area (Å²) in [6.07, 6.45) is 0. The summed E-state index contributed by atoms with van der Waals surface area (Å²) in [6, 6.07) is -0.296. The van der Waals surface area contributed by atoms with Gasteiger partial charge in [-0.25, -0.2) is 10.4 Å². The second kappa shape index (κ2) is 3.78. The van der Waals surface area contributed by atoms with Gasteiger partial charge >= 0.3 is 0 Å². The summed E-state index contributed by atoms with van der Waals surface area (Å²) in [4.78, 5) is 5.51. The maximum absolute atomic E-state index is 5.40. The van der Waals surface area contributed by atoms with Crippen LogP contribution in [0.4, 0.5) is 0 Å². The minimum absolute atomic E-state index is 0.296. The number of aromatic nitrogens is 5. The summed E-state index contributed by atoms with van der Waals surface area (Å²) in [5.41, 5.74) is 5.13. The molecular weight excluding hydrogens is 202 g/mol. The molecule has 0 fully saturated rings. The molecule has 7 nitrogen and oxygen atoms in total. The van der Waals surface area contributed by atoms with Crippen molar-refractivity contribution in [1.82, 2.24) is 30.6 Å².